The summed E-state index contributed by atoms with van der Waals surface area (Å²) < 4.78 is 19.6. The lowest BCUT2D eigenvalue weighted by Gasteiger charge is -2.18. The molecule has 124 valence electrons. The molecule has 0 spiro atoms. The number of aryl methyl sites for hydroxylation is 2. The van der Waals surface area contributed by atoms with Gasteiger partial charge >= 0.3 is 0 Å². The maximum absolute atomic E-state index is 13.2. The predicted molar refractivity (Wildman–Crippen MR) is 98.1 cm³/mol. The van der Waals surface area contributed by atoms with Gasteiger partial charge in [-0.25, -0.2) is 4.39 Å². The van der Waals surface area contributed by atoms with Gasteiger partial charge in [0.05, 0.1) is 17.7 Å². The van der Waals surface area contributed by atoms with E-state index in [9.17, 15) is 9.18 Å². The molecule has 0 aliphatic carbocycles. The number of halogens is 2. The van der Waals surface area contributed by atoms with Crippen molar-refractivity contribution in [3.8, 4) is 0 Å². The average Bonchev–Trinajstić information content (AvgIpc) is 2.53. The zero-order valence-corrected chi connectivity index (χ0v) is 15.2. The molecule has 1 unspecified atom stereocenters. The Hall–Kier alpha value is -2.14. The fraction of sp³-hybridized carbons (Fsp3) is 0.211. The largest absolute Gasteiger partial charge is 0.463 e. The highest BCUT2D eigenvalue weighted by atomic mass is 79.9. The van der Waals surface area contributed by atoms with Crippen LogP contribution in [0.3, 0.4) is 0 Å². The van der Waals surface area contributed by atoms with Gasteiger partial charge in [0, 0.05) is 21.3 Å². The third-order valence-electron chi connectivity index (χ3n) is 3.99. The van der Waals surface area contributed by atoms with Crippen LogP contribution in [0.25, 0.3) is 11.0 Å². The summed E-state index contributed by atoms with van der Waals surface area (Å²) in [6.45, 7) is 5.67. The first kappa shape index (κ1) is 16.7. The van der Waals surface area contributed by atoms with Crippen LogP contribution in [-0.4, -0.2) is 0 Å². The van der Waals surface area contributed by atoms with Gasteiger partial charge in [0.1, 0.15) is 11.4 Å². The van der Waals surface area contributed by atoms with E-state index >= 15 is 0 Å². The number of hydrogen-bond acceptors (Lipinski definition) is 3. The van der Waals surface area contributed by atoms with Crippen LogP contribution >= 0.6 is 15.9 Å². The van der Waals surface area contributed by atoms with Gasteiger partial charge < -0.3 is 9.73 Å². The number of rotatable bonds is 3. The molecule has 5 heteroatoms. The van der Waals surface area contributed by atoms with Gasteiger partial charge in [-0.05, 0) is 66.5 Å². The van der Waals surface area contributed by atoms with Crippen molar-refractivity contribution in [2.75, 3.05) is 5.32 Å². The van der Waals surface area contributed by atoms with Crippen LogP contribution in [0.2, 0.25) is 0 Å². The molecule has 0 saturated carbocycles. The lowest BCUT2D eigenvalue weighted by atomic mass is 10.0. The number of benzene rings is 2. The van der Waals surface area contributed by atoms with E-state index in [1.54, 1.807) is 13.0 Å². The smallest absolute Gasteiger partial charge is 0.195 e. The Morgan fingerprint density at radius 3 is 2.67 bits per heavy atom. The highest BCUT2D eigenvalue weighted by Gasteiger charge is 2.16. The first-order chi connectivity index (χ1) is 11.4. The summed E-state index contributed by atoms with van der Waals surface area (Å²) >= 11 is 3.36. The topological polar surface area (TPSA) is 42.2 Å². The number of hydrogen-bond donors (Lipinski definition) is 1. The third kappa shape index (κ3) is 3.08. The molecule has 24 heavy (non-hydrogen) atoms. The normalized spacial score (nSPS) is 12.4. The van der Waals surface area contributed by atoms with Gasteiger partial charge in [0.2, 0.25) is 0 Å². The summed E-state index contributed by atoms with van der Waals surface area (Å²) in [6, 6.07) is 8.20. The Bertz CT molecular complexity index is 981. The van der Waals surface area contributed by atoms with E-state index in [0.717, 1.165) is 16.8 Å². The fourth-order valence-corrected chi connectivity index (χ4v) is 3.22. The Labute approximate surface area is 147 Å². The maximum Gasteiger partial charge on any atom is 0.195 e. The van der Waals surface area contributed by atoms with E-state index < -0.39 is 0 Å². The number of fused-ring (bicyclic) bond motifs is 1. The van der Waals surface area contributed by atoms with Gasteiger partial charge in [-0.2, -0.15) is 0 Å². The van der Waals surface area contributed by atoms with Crippen molar-refractivity contribution in [1.82, 2.24) is 0 Å². The molecule has 3 aromatic rings. The molecule has 1 N–H and O–H groups in total. The summed E-state index contributed by atoms with van der Waals surface area (Å²) in [7, 11) is 0. The fourth-order valence-electron chi connectivity index (χ4n) is 2.75. The minimum atomic E-state index is -0.303. The molecule has 2 aromatic carbocycles. The SMILES string of the molecule is Cc1cc(C(C)Nc2ccc(F)cc2Br)c2occ(C)c(=O)c2c1. The van der Waals surface area contributed by atoms with Crippen molar-refractivity contribution in [2.24, 2.45) is 0 Å². The van der Waals surface area contributed by atoms with Gasteiger partial charge in [-0.3, -0.25) is 4.79 Å². The Kier molecular flexibility index (Phi) is 4.45. The van der Waals surface area contributed by atoms with Gasteiger partial charge in [-0.15, -0.1) is 0 Å². The standard InChI is InChI=1S/C19H17BrFNO2/c1-10-6-14(19-15(7-10)18(23)11(2)9-24-19)12(3)22-17-5-4-13(21)8-16(17)20/h4-9,12,22H,1-3H3. The zero-order chi connectivity index (χ0) is 17.4. The molecule has 0 radical (unpaired) electrons. The summed E-state index contributed by atoms with van der Waals surface area (Å²) in [4.78, 5) is 12.4. The molecular weight excluding hydrogens is 373 g/mol. The average molecular weight is 390 g/mol. The lowest BCUT2D eigenvalue weighted by Crippen LogP contribution is -2.11. The summed E-state index contributed by atoms with van der Waals surface area (Å²) in [5, 5.41) is 3.91. The van der Waals surface area contributed by atoms with E-state index in [-0.39, 0.29) is 17.3 Å². The minimum Gasteiger partial charge on any atom is -0.463 e. The van der Waals surface area contributed by atoms with Crippen LogP contribution in [-0.2, 0) is 0 Å². The highest BCUT2D eigenvalue weighted by molar-refractivity contribution is 9.10. The van der Waals surface area contributed by atoms with Crippen LogP contribution in [0, 0.1) is 19.7 Å². The Balaban J connectivity index is 2.08. The van der Waals surface area contributed by atoms with Gasteiger partial charge in [0.15, 0.2) is 5.43 Å². The molecule has 1 atom stereocenters. The molecule has 0 aliphatic heterocycles. The van der Waals surface area contributed by atoms with Crippen molar-refractivity contribution >= 4 is 32.6 Å². The maximum atomic E-state index is 13.2. The van der Waals surface area contributed by atoms with Crippen LogP contribution in [0.5, 0.6) is 0 Å². The molecular formula is C19H17BrFNO2. The van der Waals surface area contributed by atoms with Crippen LogP contribution < -0.4 is 10.7 Å². The molecule has 0 amide bonds. The molecule has 3 rings (SSSR count). The quantitative estimate of drug-likeness (QED) is 0.644. The predicted octanol–water partition coefficient (Wildman–Crippen LogP) is 5.48. The molecule has 0 bridgehead atoms. The molecule has 1 aromatic heterocycles. The first-order valence-corrected chi connectivity index (χ1v) is 8.40. The minimum absolute atomic E-state index is 0.0173. The summed E-state index contributed by atoms with van der Waals surface area (Å²) in [5.74, 6) is -0.303. The van der Waals surface area contributed by atoms with Crippen molar-refractivity contribution < 1.29 is 8.81 Å². The zero-order valence-electron chi connectivity index (χ0n) is 13.6. The van der Waals surface area contributed by atoms with E-state index in [4.69, 9.17) is 4.42 Å². The van der Waals surface area contributed by atoms with E-state index in [1.165, 1.54) is 18.4 Å². The van der Waals surface area contributed by atoms with Gasteiger partial charge in [0.25, 0.3) is 0 Å². The summed E-state index contributed by atoms with van der Waals surface area (Å²) in [6.07, 6.45) is 1.49. The molecule has 0 fully saturated rings. The third-order valence-corrected chi connectivity index (χ3v) is 4.64. The second-order valence-electron chi connectivity index (χ2n) is 5.97. The molecule has 1 heterocycles. The van der Waals surface area contributed by atoms with E-state index in [0.29, 0.717) is 21.0 Å². The Morgan fingerprint density at radius 2 is 1.96 bits per heavy atom. The number of anilines is 1. The van der Waals surface area contributed by atoms with Crippen LogP contribution in [0.15, 0.2) is 50.3 Å². The van der Waals surface area contributed by atoms with Crippen LogP contribution in [0.1, 0.15) is 29.7 Å². The monoisotopic (exact) mass is 389 g/mol. The highest BCUT2D eigenvalue weighted by Crippen LogP contribution is 2.30. The lowest BCUT2D eigenvalue weighted by molar-refractivity contribution is 0.589. The summed E-state index contributed by atoms with van der Waals surface area (Å²) in [5.41, 5.74) is 3.79. The van der Waals surface area contributed by atoms with Crippen molar-refractivity contribution in [3.63, 3.8) is 0 Å². The van der Waals surface area contributed by atoms with Crippen molar-refractivity contribution in [2.45, 2.75) is 26.8 Å². The second kappa shape index (κ2) is 6.40. The Morgan fingerprint density at radius 1 is 1.21 bits per heavy atom. The number of nitrogens with one attached hydrogen (secondary N) is 1. The van der Waals surface area contributed by atoms with Crippen molar-refractivity contribution in [3.05, 3.63) is 73.8 Å². The van der Waals surface area contributed by atoms with E-state index in [1.807, 2.05) is 26.0 Å². The second-order valence-corrected chi connectivity index (χ2v) is 6.82. The molecule has 0 saturated heterocycles. The van der Waals surface area contributed by atoms with E-state index in [2.05, 4.69) is 21.2 Å². The van der Waals surface area contributed by atoms with Crippen LogP contribution in [0.4, 0.5) is 10.1 Å². The first-order valence-electron chi connectivity index (χ1n) is 7.61. The van der Waals surface area contributed by atoms with Crippen molar-refractivity contribution in [1.29, 1.82) is 0 Å². The molecule has 3 nitrogen and oxygen atoms in total. The van der Waals surface area contributed by atoms with Gasteiger partial charge in [-0.1, -0.05) is 6.07 Å². The molecule has 0 aliphatic rings.